The van der Waals surface area contributed by atoms with Gasteiger partial charge < -0.3 is 9.84 Å². The Morgan fingerprint density at radius 3 is 2.68 bits per heavy atom. The second-order valence-electron chi connectivity index (χ2n) is 4.16. The first-order valence-corrected chi connectivity index (χ1v) is 5.76. The first-order chi connectivity index (χ1) is 9.06. The molecule has 0 saturated carbocycles. The van der Waals surface area contributed by atoms with E-state index in [1.54, 1.807) is 6.92 Å². The van der Waals surface area contributed by atoms with E-state index in [0.717, 1.165) is 6.20 Å². The van der Waals surface area contributed by atoms with E-state index in [4.69, 9.17) is 4.74 Å². The molecule has 0 fully saturated rings. The van der Waals surface area contributed by atoms with Crippen LogP contribution in [0, 0.1) is 11.6 Å². The van der Waals surface area contributed by atoms with Crippen molar-refractivity contribution >= 4 is 0 Å². The summed E-state index contributed by atoms with van der Waals surface area (Å²) in [5.41, 5.74) is 1.01. The van der Waals surface area contributed by atoms with E-state index >= 15 is 0 Å². The van der Waals surface area contributed by atoms with Crippen molar-refractivity contribution in [3.8, 4) is 5.75 Å². The number of ether oxygens (including phenoxy) is 1. The Kier molecular flexibility index (Phi) is 4.06. The minimum Gasteiger partial charge on any atom is -0.488 e. The number of nitrogens with zero attached hydrogens (tertiary/aromatic N) is 1. The fraction of sp³-hybridized carbons (Fsp3) is 0.214. The van der Waals surface area contributed by atoms with Crippen molar-refractivity contribution < 1.29 is 18.6 Å². The number of rotatable bonds is 4. The van der Waals surface area contributed by atoms with Crippen LogP contribution in [0.25, 0.3) is 0 Å². The molecule has 0 spiro atoms. The zero-order valence-electron chi connectivity index (χ0n) is 10.3. The molecule has 0 bridgehead atoms. The van der Waals surface area contributed by atoms with Gasteiger partial charge in [-0.1, -0.05) is 0 Å². The SMILES string of the molecule is CC(O)c1ccc(F)cc1OCc1cncc(F)c1. The minimum atomic E-state index is -0.777. The van der Waals surface area contributed by atoms with E-state index in [9.17, 15) is 13.9 Å². The van der Waals surface area contributed by atoms with E-state index in [-0.39, 0.29) is 12.4 Å². The van der Waals surface area contributed by atoms with Crippen LogP contribution in [0.3, 0.4) is 0 Å². The van der Waals surface area contributed by atoms with E-state index in [2.05, 4.69) is 4.98 Å². The molecule has 0 amide bonds. The van der Waals surface area contributed by atoms with Crippen LogP contribution in [0.2, 0.25) is 0 Å². The maximum Gasteiger partial charge on any atom is 0.141 e. The number of halogens is 2. The van der Waals surface area contributed by atoms with Gasteiger partial charge in [0.05, 0.1) is 12.3 Å². The van der Waals surface area contributed by atoms with Gasteiger partial charge in [-0.25, -0.2) is 8.78 Å². The summed E-state index contributed by atoms with van der Waals surface area (Å²) < 4.78 is 31.5. The van der Waals surface area contributed by atoms with Gasteiger partial charge in [-0.2, -0.15) is 0 Å². The molecule has 0 aliphatic carbocycles. The van der Waals surface area contributed by atoms with Crippen molar-refractivity contribution in [3.05, 3.63) is 59.4 Å². The molecule has 0 radical (unpaired) electrons. The molecule has 19 heavy (non-hydrogen) atoms. The van der Waals surface area contributed by atoms with Gasteiger partial charge in [-0.3, -0.25) is 4.98 Å². The predicted molar refractivity (Wildman–Crippen MR) is 65.6 cm³/mol. The maximum absolute atomic E-state index is 13.2. The molecule has 2 rings (SSSR count). The number of benzene rings is 1. The Balaban J connectivity index is 2.17. The number of pyridine rings is 1. The van der Waals surface area contributed by atoms with Crippen LogP contribution in [0.1, 0.15) is 24.2 Å². The number of aliphatic hydroxyl groups excluding tert-OH is 1. The fourth-order valence-electron chi connectivity index (χ4n) is 1.67. The average Bonchev–Trinajstić information content (AvgIpc) is 2.36. The quantitative estimate of drug-likeness (QED) is 0.924. The molecule has 1 aromatic heterocycles. The summed E-state index contributed by atoms with van der Waals surface area (Å²) >= 11 is 0. The third kappa shape index (κ3) is 3.48. The van der Waals surface area contributed by atoms with Crippen molar-refractivity contribution in [2.45, 2.75) is 19.6 Å². The van der Waals surface area contributed by atoms with Crippen LogP contribution >= 0.6 is 0 Å². The first-order valence-electron chi connectivity index (χ1n) is 5.76. The van der Waals surface area contributed by atoms with Crippen molar-refractivity contribution in [2.24, 2.45) is 0 Å². The van der Waals surface area contributed by atoms with Gasteiger partial charge in [0.15, 0.2) is 0 Å². The van der Waals surface area contributed by atoms with Gasteiger partial charge in [0.25, 0.3) is 0 Å². The highest BCUT2D eigenvalue weighted by Crippen LogP contribution is 2.26. The first kappa shape index (κ1) is 13.4. The number of hydrogen-bond acceptors (Lipinski definition) is 3. The topological polar surface area (TPSA) is 42.4 Å². The van der Waals surface area contributed by atoms with Gasteiger partial charge in [0.2, 0.25) is 0 Å². The highest BCUT2D eigenvalue weighted by molar-refractivity contribution is 5.35. The smallest absolute Gasteiger partial charge is 0.141 e. The van der Waals surface area contributed by atoms with Crippen LogP contribution in [0.15, 0.2) is 36.7 Å². The Morgan fingerprint density at radius 2 is 2.00 bits per heavy atom. The van der Waals surface area contributed by atoms with Crippen molar-refractivity contribution in [2.75, 3.05) is 0 Å². The van der Waals surface area contributed by atoms with E-state index in [1.807, 2.05) is 0 Å². The zero-order chi connectivity index (χ0) is 13.8. The third-order valence-electron chi connectivity index (χ3n) is 2.58. The second-order valence-corrected chi connectivity index (χ2v) is 4.16. The van der Waals surface area contributed by atoms with Gasteiger partial charge in [0, 0.05) is 23.4 Å². The molecule has 3 nitrogen and oxygen atoms in total. The van der Waals surface area contributed by atoms with Crippen molar-refractivity contribution in [1.82, 2.24) is 4.98 Å². The lowest BCUT2D eigenvalue weighted by Crippen LogP contribution is -2.02. The van der Waals surface area contributed by atoms with Crippen LogP contribution in [0.5, 0.6) is 5.75 Å². The van der Waals surface area contributed by atoms with Gasteiger partial charge >= 0.3 is 0 Å². The van der Waals surface area contributed by atoms with Crippen LogP contribution < -0.4 is 4.74 Å². The van der Waals surface area contributed by atoms with Crippen LogP contribution in [-0.2, 0) is 6.61 Å². The predicted octanol–water partition coefficient (Wildman–Crippen LogP) is 2.99. The summed E-state index contributed by atoms with van der Waals surface area (Å²) in [6, 6.07) is 5.18. The molecule has 1 heterocycles. The van der Waals surface area contributed by atoms with E-state index in [1.165, 1.54) is 30.5 Å². The molecule has 5 heteroatoms. The standard InChI is InChI=1S/C14H13F2NO2/c1-9(18)13-3-2-11(15)5-14(13)19-8-10-4-12(16)7-17-6-10/h2-7,9,18H,8H2,1H3. The summed E-state index contributed by atoms with van der Waals surface area (Å²) in [6.07, 6.45) is 1.78. The highest BCUT2D eigenvalue weighted by Gasteiger charge is 2.10. The molecule has 0 saturated heterocycles. The monoisotopic (exact) mass is 265 g/mol. The Labute approximate surface area is 109 Å². The summed E-state index contributed by atoms with van der Waals surface area (Å²) in [5.74, 6) is -0.688. The molecule has 0 aliphatic rings. The summed E-state index contributed by atoms with van der Waals surface area (Å²) in [6.45, 7) is 1.61. The molecule has 0 aliphatic heterocycles. The summed E-state index contributed by atoms with van der Waals surface area (Å²) in [5, 5.41) is 9.56. The lowest BCUT2D eigenvalue weighted by atomic mass is 10.1. The molecular weight excluding hydrogens is 252 g/mol. The Morgan fingerprint density at radius 1 is 1.21 bits per heavy atom. The number of aromatic nitrogens is 1. The molecule has 1 N–H and O–H groups in total. The molecule has 100 valence electrons. The normalized spacial score (nSPS) is 12.2. The van der Waals surface area contributed by atoms with E-state index in [0.29, 0.717) is 11.1 Å². The lowest BCUT2D eigenvalue weighted by molar-refractivity contribution is 0.189. The number of aliphatic hydroxyl groups is 1. The Bertz CT molecular complexity index is 573. The van der Waals surface area contributed by atoms with E-state index < -0.39 is 17.7 Å². The summed E-state index contributed by atoms with van der Waals surface area (Å²) in [4.78, 5) is 3.69. The van der Waals surface area contributed by atoms with Gasteiger partial charge in [0.1, 0.15) is 24.0 Å². The second kappa shape index (κ2) is 5.75. The lowest BCUT2D eigenvalue weighted by Gasteiger charge is -2.13. The average molecular weight is 265 g/mol. The summed E-state index contributed by atoms with van der Waals surface area (Å²) in [7, 11) is 0. The van der Waals surface area contributed by atoms with Gasteiger partial charge in [-0.05, 0) is 25.1 Å². The third-order valence-corrected chi connectivity index (χ3v) is 2.58. The van der Waals surface area contributed by atoms with Crippen LogP contribution in [-0.4, -0.2) is 10.1 Å². The molecular formula is C14H13F2NO2. The maximum atomic E-state index is 13.2. The molecule has 1 aromatic carbocycles. The van der Waals surface area contributed by atoms with Crippen LogP contribution in [0.4, 0.5) is 8.78 Å². The van der Waals surface area contributed by atoms with Gasteiger partial charge in [-0.15, -0.1) is 0 Å². The highest BCUT2D eigenvalue weighted by atomic mass is 19.1. The molecule has 1 atom stereocenters. The fourth-order valence-corrected chi connectivity index (χ4v) is 1.67. The Hall–Kier alpha value is -2.01. The van der Waals surface area contributed by atoms with Crippen molar-refractivity contribution in [1.29, 1.82) is 0 Å². The molecule has 2 aromatic rings. The zero-order valence-corrected chi connectivity index (χ0v) is 10.3. The molecule has 1 unspecified atom stereocenters. The largest absolute Gasteiger partial charge is 0.488 e. The van der Waals surface area contributed by atoms with Crippen molar-refractivity contribution in [3.63, 3.8) is 0 Å². The number of hydrogen-bond donors (Lipinski definition) is 1. The minimum absolute atomic E-state index is 0.0495.